The third-order valence-electron chi connectivity index (χ3n) is 3.59. The van der Waals surface area contributed by atoms with Crippen LogP contribution in [0.25, 0.3) is 0 Å². The Hall–Kier alpha value is -1.74. The van der Waals surface area contributed by atoms with Gasteiger partial charge in [0.15, 0.2) is 0 Å². The van der Waals surface area contributed by atoms with Crippen LogP contribution in [0.5, 0.6) is 0 Å². The monoisotopic (exact) mass is 357 g/mol. The molecule has 2 N–H and O–H groups in total. The summed E-state index contributed by atoms with van der Waals surface area (Å²) in [5, 5.41) is 10.7. The van der Waals surface area contributed by atoms with Crippen molar-refractivity contribution in [1.82, 2.24) is 9.88 Å². The number of nitrogens with zero attached hydrogens (tertiary/aromatic N) is 4. The van der Waals surface area contributed by atoms with Gasteiger partial charge in [0.25, 0.3) is 5.69 Å². The van der Waals surface area contributed by atoms with E-state index in [0.717, 1.165) is 0 Å². The molecule has 2 rings (SSSR count). The van der Waals surface area contributed by atoms with Gasteiger partial charge in [-0.2, -0.15) is 0 Å². The number of nitro groups is 1. The summed E-state index contributed by atoms with van der Waals surface area (Å²) in [6, 6.07) is 1.15. The van der Waals surface area contributed by atoms with Gasteiger partial charge in [0.05, 0.1) is 15.4 Å². The molecule has 21 heavy (non-hydrogen) atoms. The fourth-order valence-electron chi connectivity index (χ4n) is 2.25. The minimum atomic E-state index is -0.478. The van der Waals surface area contributed by atoms with Crippen molar-refractivity contribution in [3.63, 3.8) is 0 Å². The molecule has 114 valence electrons. The topological polar surface area (TPSA) is 106 Å². The maximum Gasteiger partial charge on any atom is 0.288 e. The molecule has 1 unspecified atom stereocenters. The smallest absolute Gasteiger partial charge is 0.288 e. The number of carbonyl (C=O) groups excluding carboxylic acids is 1. The van der Waals surface area contributed by atoms with E-state index in [9.17, 15) is 14.9 Å². The van der Waals surface area contributed by atoms with Crippen LogP contribution >= 0.6 is 15.9 Å². The summed E-state index contributed by atoms with van der Waals surface area (Å²) in [6.07, 6.45) is 1.25. The zero-order chi connectivity index (χ0) is 15.6. The van der Waals surface area contributed by atoms with E-state index in [2.05, 4.69) is 20.9 Å². The third kappa shape index (κ3) is 3.48. The summed E-state index contributed by atoms with van der Waals surface area (Å²) in [5.41, 5.74) is 5.25. The van der Waals surface area contributed by atoms with Gasteiger partial charge in [-0.3, -0.25) is 19.8 Å². The molecule has 0 radical (unpaired) electrons. The lowest BCUT2D eigenvalue weighted by Crippen LogP contribution is -2.53. The standard InChI is InChI=1S/C12H16BrN5O3/c1-8(11(14)19)16-2-4-17(5-3-16)12-10(13)6-9(7-15-12)18(20)21/h6-8H,2-5H2,1H3,(H2,14,19). The zero-order valence-corrected chi connectivity index (χ0v) is 13.1. The second kappa shape index (κ2) is 6.35. The Labute approximate surface area is 130 Å². The fraction of sp³-hybridized carbons (Fsp3) is 0.500. The molecule has 1 amide bonds. The summed E-state index contributed by atoms with van der Waals surface area (Å²) in [7, 11) is 0. The predicted molar refractivity (Wildman–Crippen MR) is 81.0 cm³/mol. The van der Waals surface area contributed by atoms with Crippen LogP contribution in [-0.4, -0.2) is 52.9 Å². The van der Waals surface area contributed by atoms with E-state index in [1.807, 2.05) is 9.80 Å². The molecule has 0 saturated carbocycles. The summed E-state index contributed by atoms with van der Waals surface area (Å²) in [5.74, 6) is 0.338. The van der Waals surface area contributed by atoms with E-state index >= 15 is 0 Å². The fourth-order valence-corrected chi connectivity index (χ4v) is 2.84. The molecule has 0 aliphatic carbocycles. The molecule has 1 saturated heterocycles. The summed E-state index contributed by atoms with van der Waals surface area (Å²) < 4.78 is 0.591. The van der Waals surface area contributed by atoms with Gasteiger partial charge in [-0.15, -0.1) is 0 Å². The molecule has 1 aromatic rings. The highest BCUT2D eigenvalue weighted by atomic mass is 79.9. The van der Waals surface area contributed by atoms with Crippen LogP contribution in [0.1, 0.15) is 6.92 Å². The van der Waals surface area contributed by atoms with Crippen molar-refractivity contribution in [2.45, 2.75) is 13.0 Å². The van der Waals surface area contributed by atoms with Crippen molar-refractivity contribution in [2.75, 3.05) is 31.1 Å². The maximum atomic E-state index is 11.2. The normalized spacial score (nSPS) is 17.5. The number of piperazine rings is 1. The van der Waals surface area contributed by atoms with Crippen LogP contribution in [-0.2, 0) is 4.79 Å². The molecule has 1 aliphatic heterocycles. The lowest BCUT2D eigenvalue weighted by Gasteiger charge is -2.37. The largest absolute Gasteiger partial charge is 0.368 e. The average Bonchev–Trinajstić information content (AvgIpc) is 2.46. The highest BCUT2D eigenvalue weighted by Gasteiger charge is 2.26. The molecule has 0 spiro atoms. The number of pyridine rings is 1. The van der Waals surface area contributed by atoms with Gasteiger partial charge in [0.2, 0.25) is 5.91 Å². The number of halogens is 1. The summed E-state index contributed by atoms with van der Waals surface area (Å²) in [4.78, 5) is 29.6. The maximum absolute atomic E-state index is 11.2. The number of anilines is 1. The zero-order valence-electron chi connectivity index (χ0n) is 11.5. The lowest BCUT2D eigenvalue weighted by molar-refractivity contribution is -0.385. The number of hydrogen-bond acceptors (Lipinski definition) is 6. The lowest BCUT2D eigenvalue weighted by atomic mass is 10.2. The number of nitrogens with two attached hydrogens (primary N) is 1. The number of carbonyl (C=O) groups is 1. The van der Waals surface area contributed by atoms with Crippen LogP contribution in [0.15, 0.2) is 16.7 Å². The highest BCUT2D eigenvalue weighted by molar-refractivity contribution is 9.10. The number of amides is 1. The Kier molecular flexibility index (Phi) is 4.73. The van der Waals surface area contributed by atoms with E-state index in [1.165, 1.54) is 12.3 Å². The SMILES string of the molecule is CC(C(N)=O)N1CCN(c2ncc([N+](=O)[O-])cc2Br)CC1. The molecule has 1 aromatic heterocycles. The Morgan fingerprint density at radius 2 is 2.10 bits per heavy atom. The Bertz CT molecular complexity index is 560. The molecule has 1 atom stereocenters. The highest BCUT2D eigenvalue weighted by Crippen LogP contribution is 2.28. The second-order valence-corrected chi connectivity index (χ2v) is 5.71. The van der Waals surface area contributed by atoms with Gasteiger partial charge < -0.3 is 10.6 Å². The van der Waals surface area contributed by atoms with Crippen molar-refractivity contribution in [3.05, 3.63) is 26.9 Å². The molecule has 1 fully saturated rings. The first-order chi connectivity index (χ1) is 9.90. The Morgan fingerprint density at radius 1 is 1.48 bits per heavy atom. The van der Waals surface area contributed by atoms with E-state index in [4.69, 9.17) is 5.73 Å². The molecule has 9 heteroatoms. The van der Waals surface area contributed by atoms with Crippen molar-refractivity contribution < 1.29 is 9.72 Å². The molecule has 1 aliphatic rings. The Morgan fingerprint density at radius 3 is 2.57 bits per heavy atom. The van der Waals surface area contributed by atoms with Crippen molar-refractivity contribution in [1.29, 1.82) is 0 Å². The minimum Gasteiger partial charge on any atom is -0.368 e. The van der Waals surface area contributed by atoms with E-state index in [-0.39, 0.29) is 17.6 Å². The number of hydrogen-bond donors (Lipinski definition) is 1. The van der Waals surface area contributed by atoms with Crippen LogP contribution in [0.2, 0.25) is 0 Å². The average molecular weight is 358 g/mol. The molecular weight excluding hydrogens is 342 g/mol. The number of aromatic nitrogens is 1. The number of primary amides is 1. The first-order valence-corrected chi connectivity index (χ1v) is 7.27. The molecule has 0 aromatic carbocycles. The van der Waals surface area contributed by atoms with Crippen molar-refractivity contribution in [3.8, 4) is 0 Å². The first kappa shape index (κ1) is 15.6. The van der Waals surface area contributed by atoms with E-state index in [1.54, 1.807) is 6.92 Å². The summed E-state index contributed by atoms with van der Waals surface area (Å²) in [6.45, 7) is 4.53. The number of rotatable bonds is 4. The van der Waals surface area contributed by atoms with Gasteiger partial charge in [-0.1, -0.05) is 0 Å². The molecule has 2 heterocycles. The van der Waals surface area contributed by atoms with Crippen LogP contribution in [0.3, 0.4) is 0 Å². The molecule has 0 bridgehead atoms. The van der Waals surface area contributed by atoms with Gasteiger partial charge in [0.1, 0.15) is 12.0 Å². The van der Waals surface area contributed by atoms with Crippen LogP contribution in [0.4, 0.5) is 11.5 Å². The third-order valence-corrected chi connectivity index (χ3v) is 4.17. The van der Waals surface area contributed by atoms with Gasteiger partial charge >= 0.3 is 0 Å². The van der Waals surface area contributed by atoms with Crippen molar-refractivity contribution in [2.24, 2.45) is 5.73 Å². The van der Waals surface area contributed by atoms with E-state index < -0.39 is 4.92 Å². The summed E-state index contributed by atoms with van der Waals surface area (Å²) >= 11 is 3.32. The van der Waals surface area contributed by atoms with Gasteiger partial charge in [-0.05, 0) is 22.9 Å². The van der Waals surface area contributed by atoms with Gasteiger partial charge in [-0.25, -0.2) is 4.98 Å². The second-order valence-electron chi connectivity index (χ2n) is 4.86. The quantitative estimate of drug-likeness (QED) is 0.629. The van der Waals surface area contributed by atoms with E-state index in [0.29, 0.717) is 36.5 Å². The molecule has 8 nitrogen and oxygen atoms in total. The van der Waals surface area contributed by atoms with Crippen LogP contribution < -0.4 is 10.6 Å². The van der Waals surface area contributed by atoms with Gasteiger partial charge in [0, 0.05) is 32.2 Å². The Balaban J connectivity index is 2.05. The minimum absolute atomic E-state index is 0.0494. The molecular formula is C12H16BrN5O3. The predicted octanol–water partition coefficient (Wildman–Crippen LogP) is 0.748. The van der Waals surface area contributed by atoms with Crippen LogP contribution in [0, 0.1) is 10.1 Å². The first-order valence-electron chi connectivity index (χ1n) is 6.48. The van der Waals surface area contributed by atoms with Crippen molar-refractivity contribution >= 4 is 33.3 Å².